The first-order valence-electron chi connectivity index (χ1n) is 7.03. The van der Waals surface area contributed by atoms with Crippen LogP contribution in [0.1, 0.15) is 33.4 Å². The van der Waals surface area contributed by atoms with E-state index in [1.54, 1.807) is 0 Å². The van der Waals surface area contributed by atoms with Crippen LogP contribution in [0.2, 0.25) is 0 Å². The Labute approximate surface area is 121 Å². The number of hydrogen-bond acceptors (Lipinski definition) is 4. The van der Waals surface area contributed by atoms with Crippen molar-refractivity contribution in [3.63, 3.8) is 0 Å². The molecule has 0 atom stereocenters. The molecule has 0 bridgehead atoms. The molecule has 1 aromatic heterocycles. The van der Waals surface area contributed by atoms with Gasteiger partial charge >= 0.3 is 0 Å². The van der Waals surface area contributed by atoms with Crippen molar-refractivity contribution in [3.05, 3.63) is 24.0 Å². The van der Waals surface area contributed by atoms with E-state index in [4.69, 9.17) is 0 Å². The predicted octanol–water partition coefficient (Wildman–Crippen LogP) is 2.91. The molecule has 1 fully saturated rings. The normalized spacial score (nSPS) is 18.9. The van der Waals surface area contributed by atoms with Gasteiger partial charge in [-0.2, -0.15) is 11.8 Å². The highest BCUT2D eigenvalue weighted by atomic mass is 32.2. The monoisotopic (exact) mass is 279 g/mol. The molecule has 19 heavy (non-hydrogen) atoms. The molecule has 0 radical (unpaired) electrons. The van der Waals surface area contributed by atoms with Crippen LogP contribution in [0.4, 0.5) is 5.69 Å². The molecule has 0 aromatic carbocycles. The summed E-state index contributed by atoms with van der Waals surface area (Å²) in [5.74, 6) is 1.20. The maximum atomic E-state index is 4.45. The third kappa shape index (κ3) is 4.39. The molecule has 2 rings (SSSR count). The lowest BCUT2D eigenvalue weighted by Crippen LogP contribution is -2.43. The second-order valence-corrected chi connectivity index (χ2v) is 7.87. The van der Waals surface area contributed by atoms with E-state index in [1.807, 2.05) is 6.20 Å². The summed E-state index contributed by atoms with van der Waals surface area (Å²) in [5.41, 5.74) is 2.44. The van der Waals surface area contributed by atoms with E-state index in [2.05, 4.69) is 66.8 Å². The third-order valence-electron chi connectivity index (χ3n) is 3.28. The number of hydrogen-bond donors (Lipinski definition) is 1. The van der Waals surface area contributed by atoms with Gasteiger partial charge in [0.05, 0.1) is 5.69 Å². The fraction of sp³-hybridized carbons (Fsp3) is 0.667. The third-order valence-corrected chi connectivity index (χ3v) is 4.58. The Morgan fingerprint density at radius 1 is 1.47 bits per heavy atom. The van der Waals surface area contributed by atoms with E-state index < -0.39 is 0 Å². The number of pyridine rings is 1. The fourth-order valence-electron chi connectivity index (χ4n) is 2.30. The summed E-state index contributed by atoms with van der Waals surface area (Å²) in [6, 6.07) is 4.85. The zero-order chi connectivity index (χ0) is 13.9. The van der Waals surface area contributed by atoms with Crippen LogP contribution in [0, 0.1) is 0 Å². The van der Waals surface area contributed by atoms with E-state index in [0.717, 1.165) is 25.3 Å². The first kappa shape index (κ1) is 14.7. The van der Waals surface area contributed by atoms with Crippen molar-refractivity contribution in [2.75, 3.05) is 23.7 Å². The standard InChI is InChI=1S/C15H25N3S/c1-12(2)17-10-13-9-14(5-6-16-13)18-7-8-19-15(3,4)11-18/h5-6,9,12,17H,7-8,10-11H2,1-4H3. The van der Waals surface area contributed by atoms with Gasteiger partial charge in [0.2, 0.25) is 0 Å². The Kier molecular flexibility index (Phi) is 4.74. The van der Waals surface area contributed by atoms with Gasteiger partial charge < -0.3 is 10.2 Å². The van der Waals surface area contributed by atoms with Crippen molar-refractivity contribution in [2.45, 2.75) is 45.0 Å². The Morgan fingerprint density at radius 3 is 2.95 bits per heavy atom. The Morgan fingerprint density at radius 2 is 2.26 bits per heavy atom. The van der Waals surface area contributed by atoms with Crippen LogP contribution >= 0.6 is 11.8 Å². The summed E-state index contributed by atoms with van der Waals surface area (Å²) in [5, 5.41) is 3.42. The van der Waals surface area contributed by atoms with Crippen molar-refractivity contribution in [3.8, 4) is 0 Å². The minimum Gasteiger partial charge on any atom is -0.369 e. The predicted molar refractivity (Wildman–Crippen MR) is 85.0 cm³/mol. The number of aromatic nitrogens is 1. The van der Waals surface area contributed by atoms with Crippen LogP contribution in [-0.2, 0) is 6.54 Å². The topological polar surface area (TPSA) is 28.2 Å². The van der Waals surface area contributed by atoms with Crippen molar-refractivity contribution < 1.29 is 0 Å². The van der Waals surface area contributed by atoms with Gasteiger partial charge in [-0.1, -0.05) is 13.8 Å². The van der Waals surface area contributed by atoms with Crippen LogP contribution in [0.15, 0.2) is 18.3 Å². The van der Waals surface area contributed by atoms with Gasteiger partial charge in [-0.25, -0.2) is 0 Å². The fourth-order valence-corrected chi connectivity index (χ4v) is 3.42. The van der Waals surface area contributed by atoms with Crippen LogP contribution in [0.5, 0.6) is 0 Å². The molecule has 1 saturated heterocycles. The quantitative estimate of drug-likeness (QED) is 0.917. The van der Waals surface area contributed by atoms with Crippen LogP contribution in [0.25, 0.3) is 0 Å². The van der Waals surface area contributed by atoms with E-state index >= 15 is 0 Å². The molecular formula is C15H25N3S. The number of thioether (sulfide) groups is 1. The number of nitrogens with zero attached hydrogens (tertiary/aromatic N) is 2. The van der Waals surface area contributed by atoms with Crippen LogP contribution in [0.3, 0.4) is 0 Å². The largest absolute Gasteiger partial charge is 0.369 e. The zero-order valence-corrected chi connectivity index (χ0v) is 13.3. The Bertz CT molecular complexity index is 418. The summed E-state index contributed by atoms with van der Waals surface area (Å²) in [4.78, 5) is 6.93. The summed E-state index contributed by atoms with van der Waals surface area (Å²) in [7, 11) is 0. The van der Waals surface area contributed by atoms with Gasteiger partial charge in [-0.05, 0) is 26.0 Å². The smallest absolute Gasteiger partial charge is 0.0562 e. The van der Waals surface area contributed by atoms with E-state index in [1.165, 1.54) is 11.4 Å². The molecule has 3 nitrogen and oxygen atoms in total. The summed E-state index contributed by atoms with van der Waals surface area (Å²) in [6.07, 6.45) is 1.93. The molecule has 0 unspecified atom stereocenters. The van der Waals surface area contributed by atoms with Gasteiger partial charge in [-0.15, -0.1) is 0 Å². The minimum atomic E-state index is 0.345. The maximum absolute atomic E-state index is 4.45. The van der Waals surface area contributed by atoms with Crippen molar-refractivity contribution >= 4 is 17.4 Å². The molecule has 106 valence electrons. The van der Waals surface area contributed by atoms with Gasteiger partial charge in [-0.3, -0.25) is 4.98 Å². The SMILES string of the molecule is CC(C)NCc1cc(N2CCSC(C)(C)C2)ccn1. The van der Waals surface area contributed by atoms with Crippen LogP contribution < -0.4 is 10.2 Å². The van der Waals surface area contributed by atoms with E-state index in [0.29, 0.717) is 10.8 Å². The van der Waals surface area contributed by atoms with Gasteiger partial charge in [0.1, 0.15) is 0 Å². The second-order valence-electron chi connectivity index (χ2n) is 6.07. The van der Waals surface area contributed by atoms with Crippen LogP contribution in [-0.4, -0.2) is 34.6 Å². The highest BCUT2D eigenvalue weighted by molar-refractivity contribution is 8.00. The molecule has 0 aliphatic carbocycles. The molecule has 1 aromatic rings. The molecule has 4 heteroatoms. The lowest BCUT2D eigenvalue weighted by atomic mass is 10.1. The Hall–Kier alpha value is -0.740. The molecule has 1 aliphatic rings. The van der Waals surface area contributed by atoms with E-state index in [-0.39, 0.29) is 0 Å². The molecular weight excluding hydrogens is 254 g/mol. The van der Waals surface area contributed by atoms with Crippen molar-refractivity contribution in [1.82, 2.24) is 10.3 Å². The van der Waals surface area contributed by atoms with Crippen molar-refractivity contribution in [2.24, 2.45) is 0 Å². The second kappa shape index (κ2) is 6.14. The highest BCUT2D eigenvalue weighted by Gasteiger charge is 2.27. The molecule has 1 aliphatic heterocycles. The molecule has 0 amide bonds. The minimum absolute atomic E-state index is 0.345. The summed E-state index contributed by atoms with van der Waals surface area (Å²) >= 11 is 2.07. The average molecular weight is 279 g/mol. The van der Waals surface area contributed by atoms with Gasteiger partial charge in [0.25, 0.3) is 0 Å². The maximum Gasteiger partial charge on any atom is 0.0562 e. The summed E-state index contributed by atoms with van der Waals surface area (Å²) in [6.45, 7) is 12.1. The summed E-state index contributed by atoms with van der Waals surface area (Å²) < 4.78 is 0.345. The lowest BCUT2D eigenvalue weighted by Gasteiger charge is -2.39. The Balaban J connectivity index is 2.05. The molecule has 0 spiro atoms. The first-order valence-corrected chi connectivity index (χ1v) is 8.02. The first-order chi connectivity index (χ1) is 8.96. The molecule has 0 saturated carbocycles. The highest BCUT2D eigenvalue weighted by Crippen LogP contribution is 2.32. The lowest BCUT2D eigenvalue weighted by molar-refractivity contribution is 0.581. The molecule has 2 heterocycles. The average Bonchev–Trinajstić information content (AvgIpc) is 2.35. The number of anilines is 1. The number of nitrogens with one attached hydrogen (secondary N) is 1. The zero-order valence-electron chi connectivity index (χ0n) is 12.4. The number of rotatable bonds is 4. The van der Waals surface area contributed by atoms with E-state index in [9.17, 15) is 0 Å². The van der Waals surface area contributed by atoms with Gasteiger partial charge in [0.15, 0.2) is 0 Å². The van der Waals surface area contributed by atoms with Crippen molar-refractivity contribution in [1.29, 1.82) is 0 Å². The van der Waals surface area contributed by atoms with Gasteiger partial charge in [0, 0.05) is 48.1 Å². The molecule has 1 N–H and O–H groups in total.